The van der Waals surface area contributed by atoms with E-state index in [9.17, 15) is 4.79 Å². The Morgan fingerprint density at radius 3 is 3.12 bits per heavy atom. The second-order valence-electron chi connectivity index (χ2n) is 4.01. The summed E-state index contributed by atoms with van der Waals surface area (Å²) < 4.78 is 2.03. The largest absolute Gasteiger partial charge is 0.368 e. The highest BCUT2D eigenvalue weighted by Crippen LogP contribution is 2.09. The first-order valence-corrected chi connectivity index (χ1v) is 5.31. The molecular weight excluding hydrogens is 208 g/mol. The van der Waals surface area contributed by atoms with Gasteiger partial charge in [-0.15, -0.1) is 10.2 Å². The minimum absolute atomic E-state index is 0.444. The van der Waals surface area contributed by atoms with Gasteiger partial charge in [-0.3, -0.25) is 9.69 Å². The number of hydrogen-bond acceptors (Lipinski definition) is 5. The third kappa shape index (κ3) is 2.37. The molecule has 4 N–H and O–H groups in total. The van der Waals surface area contributed by atoms with Gasteiger partial charge < -0.3 is 16.0 Å². The lowest BCUT2D eigenvalue weighted by Gasteiger charge is -2.27. The standard InChI is InChI=1S/C9H16N6O/c10-7(9(11)16)1-2-14-3-4-15-6-12-13-8(15)5-14/h6-7H,1-5,10H2,(H2,11,16). The quantitative estimate of drug-likeness (QED) is 0.634. The van der Waals surface area contributed by atoms with E-state index >= 15 is 0 Å². The first-order chi connectivity index (χ1) is 7.66. The van der Waals surface area contributed by atoms with Crippen molar-refractivity contribution in [2.45, 2.75) is 25.6 Å². The predicted molar refractivity (Wildman–Crippen MR) is 57.1 cm³/mol. The molecule has 1 aromatic heterocycles. The molecule has 0 aromatic carbocycles. The van der Waals surface area contributed by atoms with E-state index in [0.29, 0.717) is 6.42 Å². The zero-order valence-electron chi connectivity index (χ0n) is 9.04. The van der Waals surface area contributed by atoms with Gasteiger partial charge in [0, 0.05) is 19.6 Å². The van der Waals surface area contributed by atoms with E-state index in [-0.39, 0.29) is 0 Å². The molecule has 0 spiro atoms. The molecule has 2 heterocycles. The van der Waals surface area contributed by atoms with Crippen molar-refractivity contribution >= 4 is 5.91 Å². The molecule has 0 bridgehead atoms. The number of fused-ring (bicyclic) bond motifs is 1. The number of carbonyl (C=O) groups excluding carboxylic acids is 1. The van der Waals surface area contributed by atoms with Crippen molar-refractivity contribution in [1.82, 2.24) is 19.7 Å². The molecule has 1 unspecified atom stereocenters. The molecule has 1 aromatic rings. The second-order valence-corrected chi connectivity index (χ2v) is 4.01. The van der Waals surface area contributed by atoms with Crippen LogP contribution in [0.4, 0.5) is 0 Å². The number of nitrogens with two attached hydrogens (primary N) is 2. The molecule has 0 fully saturated rings. The van der Waals surface area contributed by atoms with Crippen LogP contribution in [0.3, 0.4) is 0 Å². The van der Waals surface area contributed by atoms with E-state index in [1.54, 1.807) is 6.33 Å². The first kappa shape index (κ1) is 11.0. The molecule has 16 heavy (non-hydrogen) atoms. The Balaban J connectivity index is 1.83. The van der Waals surface area contributed by atoms with Crippen molar-refractivity contribution < 1.29 is 4.79 Å². The molecule has 0 saturated carbocycles. The maximum absolute atomic E-state index is 10.8. The molecule has 1 amide bonds. The lowest BCUT2D eigenvalue weighted by atomic mass is 10.2. The summed E-state index contributed by atoms with van der Waals surface area (Å²) in [7, 11) is 0. The summed E-state index contributed by atoms with van der Waals surface area (Å²) in [5.74, 6) is 0.513. The van der Waals surface area contributed by atoms with Crippen LogP contribution in [0.5, 0.6) is 0 Å². The van der Waals surface area contributed by atoms with E-state index in [1.807, 2.05) is 4.57 Å². The van der Waals surface area contributed by atoms with Crippen LogP contribution in [0, 0.1) is 0 Å². The van der Waals surface area contributed by atoms with Crippen LogP contribution in [-0.4, -0.2) is 44.7 Å². The summed E-state index contributed by atoms with van der Waals surface area (Å²) >= 11 is 0. The Morgan fingerprint density at radius 1 is 1.56 bits per heavy atom. The minimum Gasteiger partial charge on any atom is -0.368 e. The Hall–Kier alpha value is -1.47. The fraction of sp³-hybridized carbons (Fsp3) is 0.667. The summed E-state index contributed by atoms with van der Waals surface area (Å²) in [6.45, 7) is 3.33. The van der Waals surface area contributed by atoms with E-state index in [4.69, 9.17) is 11.5 Å². The van der Waals surface area contributed by atoms with Gasteiger partial charge >= 0.3 is 0 Å². The second kappa shape index (κ2) is 4.58. The van der Waals surface area contributed by atoms with Gasteiger partial charge in [0.25, 0.3) is 0 Å². The highest BCUT2D eigenvalue weighted by Gasteiger charge is 2.18. The molecule has 1 atom stereocenters. The topological polar surface area (TPSA) is 103 Å². The molecule has 1 aliphatic heterocycles. The number of hydrogen-bond donors (Lipinski definition) is 2. The molecule has 1 aliphatic rings. The van der Waals surface area contributed by atoms with Crippen LogP contribution < -0.4 is 11.5 Å². The zero-order chi connectivity index (χ0) is 11.5. The fourth-order valence-electron chi connectivity index (χ4n) is 1.77. The van der Waals surface area contributed by atoms with E-state index < -0.39 is 11.9 Å². The molecule has 7 nitrogen and oxygen atoms in total. The van der Waals surface area contributed by atoms with Gasteiger partial charge in [-0.1, -0.05) is 0 Å². The normalized spacial score (nSPS) is 18.1. The van der Waals surface area contributed by atoms with Crippen molar-refractivity contribution in [3.05, 3.63) is 12.2 Å². The number of amides is 1. The molecule has 0 aliphatic carbocycles. The Kier molecular flexibility index (Phi) is 3.16. The minimum atomic E-state index is -0.556. The van der Waals surface area contributed by atoms with Crippen LogP contribution in [0.1, 0.15) is 12.2 Å². The van der Waals surface area contributed by atoms with Crippen LogP contribution in [0.15, 0.2) is 6.33 Å². The number of rotatable bonds is 4. The van der Waals surface area contributed by atoms with Crippen molar-refractivity contribution in [2.75, 3.05) is 13.1 Å². The van der Waals surface area contributed by atoms with E-state index in [2.05, 4.69) is 15.1 Å². The highest BCUT2D eigenvalue weighted by molar-refractivity contribution is 5.79. The van der Waals surface area contributed by atoms with Crippen LogP contribution in [0.2, 0.25) is 0 Å². The maximum atomic E-state index is 10.8. The Labute approximate surface area is 93.4 Å². The number of aromatic nitrogens is 3. The van der Waals surface area contributed by atoms with Gasteiger partial charge in [-0.25, -0.2) is 0 Å². The van der Waals surface area contributed by atoms with Gasteiger partial charge in [-0.2, -0.15) is 0 Å². The molecule has 2 rings (SSSR count). The summed E-state index contributed by atoms with van der Waals surface area (Å²) in [5.41, 5.74) is 10.7. The van der Waals surface area contributed by atoms with Gasteiger partial charge in [0.1, 0.15) is 12.2 Å². The summed E-state index contributed by atoms with van der Waals surface area (Å²) in [4.78, 5) is 13.0. The molecule has 0 radical (unpaired) electrons. The third-order valence-corrected chi connectivity index (χ3v) is 2.84. The van der Waals surface area contributed by atoms with Crippen LogP contribution >= 0.6 is 0 Å². The van der Waals surface area contributed by atoms with Crippen molar-refractivity contribution in [2.24, 2.45) is 11.5 Å². The highest BCUT2D eigenvalue weighted by atomic mass is 16.1. The summed E-state index contributed by atoms with van der Waals surface area (Å²) in [6, 6.07) is -0.556. The molecule has 88 valence electrons. The summed E-state index contributed by atoms with van der Waals surface area (Å²) in [6.07, 6.45) is 2.32. The SMILES string of the molecule is NC(=O)C(N)CCN1CCn2cnnc2C1. The molecule has 0 saturated heterocycles. The third-order valence-electron chi connectivity index (χ3n) is 2.84. The lowest BCUT2D eigenvalue weighted by Crippen LogP contribution is -2.41. The maximum Gasteiger partial charge on any atom is 0.234 e. The average molecular weight is 224 g/mol. The van der Waals surface area contributed by atoms with E-state index in [1.165, 1.54) is 0 Å². The molecule has 7 heteroatoms. The Bertz CT molecular complexity index is 376. The van der Waals surface area contributed by atoms with Gasteiger partial charge in [0.2, 0.25) is 5.91 Å². The lowest BCUT2D eigenvalue weighted by molar-refractivity contribution is -0.119. The fourth-order valence-corrected chi connectivity index (χ4v) is 1.77. The van der Waals surface area contributed by atoms with E-state index in [0.717, 1.165) is 32.0 Å². The van der Waals surface area contributed by atoms with Gasteiger partial charge in [0.05, 0.1) is 12.6 Å². The van der Waals surface area contributed by atoms with Crippen molar-refractivity contribution in [1.29, 1.82) is 0 Å². The van der Waals surface area contributed by atoms with Crippen molar-refractivity contribution in [3.8, 4) is 0 Å². The van der Waals surface area contributed by atoms with Crippen molar-refractivity contribution in [3.63, 3.8) is 0 Å². The predicted octanol–water partition coefficient (Wildman–Crippen LogP) is -1.70. The van der Waals surface area contributed by atoms with Crippen LogP contribution in [0.25, 0.3) is 0 Å². The Morgan fingerprint density at radius 2 is 2.38 bits per heavy atom. The molecular formula is C9H16N6O. The number of carbonyl (C=O) groups is 1. The zero-order valence-corrected chi connectivity index (χ0v) is 9.04. The summed E-state index contributed by atoms with van der Waals surface area (Å²) in [5, 5.41) is 7.87. The first-order valence-electron chi connectivity index (χ1n) is 5.31. The monoisotopic (exact) mass is 224 g/mol. The van der Waals surface area contributed by atoms with Gasteiger partial charge in [-0.05, 0) is 6.42 Å². The average Bonchev–Trinajstić information content (AvgIpc) is 2.72. The number of nitrogens with zero attached hydrogens (tertiary/aromatic N) is 4. The number of primary amides is 1. The van der Waals surface area contributed by atoms with Gasteiger partial charge in [0.15, 0.2) is 0 Å². The smallest absolute Gasteiger partial charge is 0.234 e. The van der Waals surface area contributed by atoms with Crippen LogP contribution in [-0.2, 0) is 17.9 Å².